The lowest BCUT2D eigenvalue weighted by Gasteiger charge is -2.23. The molecule has 0 saturated carbocycles. The fourth-order valence-corrected chi connectivity index (χ4v) is 2.75. The first-order valence-electron chi connectivity index (χ1n) is 6.96. The molecule has 0 spiro atoms. The third-order valence-electron chi connectivity index (χ3n) is 3.90. The molecule has 1 saturated heterocycles. The molecule has 1 N–H and O–H groups in total. The van der Waals surface area contributed by atoms with Crippen LogP contribution in [-0.2, 0) is 6.18 Å². The molecule has 0 unspecified atom stereocenters. The van der Waals surface area contributed by atoms with Crippen molar-refractivity contribution < 1.29 is 13.2 Å². The topological polar surface area (TPSA) is 29.9 Å². The zero-order chi connectivity index (χ0) is 14.9. The summed E-state index contributed by atoms with van der Waals surface area (Å²) in [5.74, 6) is 0.399. The zero-order valence-electron chi connectivity index (χ0n) is 11.4. The SMILES string of the molecule is FC(F)(F)c1ccc(-n2cncc2C2CCNCC2)cc1. The summed E-state index contributed by atoms with van der Waals surface area (Å²) in [6.45, 7) is 1.92. The molecule has 0 amide bonds. The maximum atomic E-state index is 12.6. The molecule has 1 aliphatic rings. The van der Waals surface area contributed by atoms with Gasteiger partial charge >= 0.3 is 6.18 Å². The molecule has 1 aromatic heterocycles. The van der Waals surface area contributed by atoms with Gasteiger partial charge in [-0.15, -0.1) is 0 Å². The second kappa shape index (κ2) is 5.52. The lowest BCUT2D eigenvalue weighted by atomic mass is 9.95. The molecule has 1 fully saturated rings. The van der Waals surface area contributed by atoms with E-state index in [9.17, 15) is 13.2 Å². The first kappa shape index (κ1) is 14.1. The minimum atomic E-state index is -4.30. The van der Waals surface area contributed by atoms with Crippen molar-refractivity contribution in [1.82, 2.24) is 14.9 Å². The number of aromatic nitrogens is 2. The van der Waals surface area contributed by atoms with Gasteiger partial charge in [0.1, 0.15) is 0 Å². The minimum Gasteiger partial charge on any atom is -0.317 e. The van der Waals surface area contributed by atoms with E-state index >= 15 is 0 Å². The van der Waals surface area contributed by atoms with Gasteiger partial charge in [0, 0.05) is 23.5 Å². The molecule has 1 aliphatic heterocycles. The highest BCUT2D eigenvalue weighted by atomic mass is 19.4. The second-order valence-electron chi connectivity index (χ2n) is 5.26. The summed E-state index contributed by atoms with van der Waals surface area (Å²) >= 11 is 0. The van der Waals surface area contributed by atoms with Gasteiger partial charge in [0.25, 0.3) is 0 Å². The number of halogens is 3. The van der Waals surface area contributed by atoms with E-state index in [0.29, 0.717) is 11.6 Å². The van der Waals surface area contributed by atoms with Gasteiger partial charge in [-0.1, -0.05) is 0 Å². The molecule has 2 heterocycles. The highest BCUT2D eigenvalue weighted by molar-refractivity contribution is 5.37. The third kappa shape index (κ3) is 2.95. The lowest BCUT2D eigenvalue weighted by molar-refractivity contribution is -0.137. The number of nitrogens with zero attached hydrogens (tertiary/aromatic N) is 2. The monoisotopic (exact) mass is 295 g/mol. The van der Waals surface area contributed by atoms with Crippen LogP contribution in [0, 0.1) is 0 Å². The number of nitrogens with one attached hydrogen (secondary N) is 1. The molecule has 1 aromatic carbocycles. The Morgan fingerprint density at radius 1 is 1.10 bits per heavy atom. The Balaban J connectivity index is 1.89. The van der Waals surface area contributed by atoms with E-state index in [0.717, 1.165) is 43.8 Å². The molecule has 6 heteroatoms. The fourth-order valence-electron chi connectivity index (χ4n) is 2.75. The highest BCUT2D eigenvalue weighted by Crippen LogP contribution is 2.31. The molecular formula is C15H16F3N3. The van der Waals surface area contributed by atoms with Gasteiger partial charge in [0.05, 0.1) is 11.9 Å². The van der Waals surface area contributed by atoms with Crippen molar-refractivity contribution in [3.8, 4) is 5.69 Å². The summed E-state index contributed by atoms with van der Waals surface area (Å²) in [6.07, 6.45) is 1.22. The van der Waals surface area contributed by atoms with Crippen LogP contribution in [0.25, 0.3) is 5.69 Å². The fraction of sp³-hybridized carbons (Fsp3) is 0.400. The summed E-state index contributed by atoms with van der Waals surface area (Å²) in [7, 11) is 0. The van der Waals surface area contributed by atoms with Crippen molar-refractivity contribution >= 4 is 0 Å². The van der Waals surface area contributed by atoms with E-state index in [4.69, 9.17) is 0 Å². The Morgan fingerprint density at radius 3 is 2.38 bits per heavy atom. The van der Waals surface area contributed by atoms with Crippen LogP contribution in [0.5, 0.6) is 0 Å². The van der Waals surface area contributed by atoms with Crippen LogP contribution in [-0.4, -0.2) is 22.6 Å². The summed E-state index contributed by atoms with van der Waals surface area (Å²) < 4.78 is 39.7. The van der Waals surface area contributed by atoms with E-state index < -0.39 is 11.7 Å². The Morgan fingerprint density at radius 2 is 1.76 bits per heavy atom. The number of hydrogen-bond donors (Lipinski definition) is 1. The molecular weight excluding hydrogens is 279 g/mol. The number of imidazole rings is 1. The standard InChI is InChI=1S/C15H16F3N3/c16-15(17,18)12-1-3-13(4-2-12)21-10-20-9-14(21)11-5-7-19-8-6-11/h1-4,9-11,19H,5-8H2. The second-order valence-corrected chi connectivity index (χ2v) is 5.26. The maximum absolute atomic E-state index is 12.6. The molecule has 0 atom stereocenters. The largest absolute Gasteiger partial charge is 0.416 e. The normalized spacial score (nSPS) is 17.1. The Bertz CT molecular complexity index is 595. The van der Waals surface area contributed by atoms with Crippen LogP contribution >= 0.6 is 0 Å². The van der Waals surface area contributed by atoms with Gasteiger partial charge in [0.15, 0.2) is 0 Å². The van der Waals surface area contributed by atoms with Crippen molar-refractivity contribution in [2.75, 3.05) is 13.1 Å². The van der Waals surface area contributed by atoms with Crippen LogP contribution in [0.1, 0.15) is 30.0 Å². The van der Waals surface area contributed by atoms with Crippen molar-refractivity contribution in [2.45, 2.75) is 24.9 Å². The molecule has 0 radical (unpaired) electrons. The number of hydrogen-bond acceptors (Lipinski definition) is 2. The Kier molecular flexibility index (Phi) is 3.71. The van der Waals surface area contributed by atoms with E-state index in [1.807, 2.05) is 10.8 Å². The lowest BCUT2D eigenvalue weighted by Crippen LogP contribution is -2.27. The maximum Gasteiger partial charge on any atom is 0.416 e. The van der Waals surface area contributed by atoms with Crippen molar-refractivity contribution in [3.63, 3.8) is 0 Å². The van der Waals surface area contributed by atoms with Crippen LogP contribution in [0.4, 0.5) is 13.2 Å². The molecule has 3 rings (SSSR count). The molecule has 112 valence electrons. The van der Waals surface area contributed by atoms with E-state index in [2.05, 4.69) is 10.3 Å². The predicted octanol–water partition coefficient (Wildman–Crippen LogP) is 3.36. The predicted molar refractivity (Wildman–Crippen MR) is 73.4 cm³/mol. The van der Waals surface area contributed by atoms with Gasteiger partial charge in [-0.25, -0.2) is 4.98 Å². The molecule has 3 nitrogen and oxygen atoms in total. The minimum absolute atomic E-state index is 0.399. The summed E-state index contributed by atoms with van der Waals surface area (Å²) in [6, 6.07) is 5.22. The van der Waals surface area contributed by atoms with Crippen molar-refractivity contribution in [1.29, 1.82) is 0 Å². The van der Waals surface area contributed by atoms with Crippen molar-refractivity contribution in [3.05, 3.63) is 48.0 Å². The average Bonchev–Trinajstić information content (AvgIpc) is 2.97. The number of alkyl halides is 3. The zero-order valence-corrected chi connectivity index (χ0v) is 11.4. The number of rotatable bonds is 2. The van der Waals surface area contributed by atoms with E-state index in [-0.39, 0.29) is 0 Å². The quantitative estimate of drug-likeness (QED) is 0.920. The molecule has 0 aliphatic carbocycles. The first-order valence-corrected chi connectivity index (χ1v) is 6.96. The van der Waals surface area contributed by atoms with Crippen molar-refractivity contribution in [2.24, 2.45) is 0 Å². The molecule has 2 aromatic rings. The summed E-state index contributed by atoms with van der Waals surface area (Å²) in [5, 5.41) is 3.31. The Hall–Kier alpha value is -1.82. The van der Waals surface area contributed by atoms with Gasteiger partial charge in [-0.05, 0) is 50.2 Å². The van der Waals surface area contributed by atoms with Crippen LogP contribution in [0.3, 0.4) is 0 Å². The van der Waals surface area contributed by atoms with Crippen LogP contribution in [0.15, 0.2) is 36.8 Å². The van der Waals surface area contributed by atoms with Gasteiger partial charge in [-0.3, -0.25) is 0 Å². The van der Waals surface area contributed by atoms with Gasteiger partial charge in [0.2, 0.25) is 0 Å². The number of benzene rings is 1. The smallest absolute Gasteiger partial charge is 0.317 e. The Labute approximate surface area is 120 Å². The average molecular weight is 295 g/mol. The van der Waals surface area contributed by atoms with Gasteiger partial charge < -0.3 is 9.88 Å². The number of piperidine rings is 1. The van der Waals surface area contributed by atoms with Crippen LogP contribution < -0.4 is 5.32 Å². The van der Waals surface area contributed by atoms with Gasteiger partial charge in [-0.2, -0.15) is 13.2 Å². The van der Waals surface area contributed by atoms with E-state index in [1.54, 1.807) is 6.33 Å². The molecule has 21 heavy (non-hydrogen) atoms. The summed E-state index contributed by atoms with van der Waals surface area (Å²) in [4.78, 5) is 4.17. The van der Waals surface area contributed by atoms with E-state index in [1.165, 1.54) is 12.1 Å². The van der Waals surface area contributed by atoms with Crippen LogP contribution in [0.2, 0.25) is 0 Å². The summed E-state index contributed by atoms with van der Waals surface area (Å²) in [5.41, 5.74) is 1.15. The molecule has 0 bridgehead atoms. The third-order valence-corrected chi connectivity index (χ3v) is 3.90. The highest BCUT2D eigenvalue weighted by Gasteiger charge is 2.30. The first-order chi connectivity index (χ1) is 10.1.